The first-order valence-corrected chi connectivity index (χ1v) is 10.9. The molecular formula is C23H30N8O. The van der Waals surface area contributed by atoms with E-state index in [1.54, 1.807) is 22.8 Å². The summed E-state index contributed by atoms with van der Waals surface area (Å²) in [4.78, 5) is 20.8. The van der Waals surface area contributed by atoms with Crippen LogP contribution in [0.2, 0.25) is 0 Å². The summed E-state index contributed by atoms with van der Waals surface area (Å²) >= 11 is 0. The third kappa shape index (κ3) is 4.82. The number of nitrogens with zero attached hydrogens (tertiary/aromatic N) is 7. The van der Waals surface area contributed by atoms with Gasteiger partial charge in [-0.2, -0.15) is 10.2 Å². The van der Waals surface area contributed by atoms with Crippen molar-refractivity contribution in [3.05, 3.63) is 60.2 Å². The van der Waals surface area contributed by atoms with Gasteiger partial charge in [0.05, 0.1) is 23.3 Å². The molecule has 32 heavy (non-hydrogen) atoms. The van der Waals surface area contributed by atoms with Gasteiger partial charge in [-0.05, 0) is 37.5 Å². The highest BCUT2D eigenvalue weighted by Gasteiger charge is 2.27. The summed E-state index contributed by atoms with van der Waals surface area (Å²) in [6.45, 7) is 4.47. The number of aryl methyl sites for hydroxylation is 3. The maximum atomic E-state index is 12.7. The quantitative estimate of drug-likeness (QED) is 0.363. The predicted octanol–water partition coefficient (Wildman–Crippen LogP) is 1.77. The van der Waals surface area contributed by atoms with Gasteiger partial charge in [-0.3, -0.25) is 14.5 Å². The fraction of sp³-hybridized carbons (Fsp3) is 0.391. The van der Waals surface area contributed by atoms with Crippen LogP contribution in [-0.4, -0.2) is 69.6 Å². The number of nitrogens with one attached hydrogen (secondary N) is 1. The fourth-order valence-electron chi connectivity index (χ4n) is 3.94. The van der Waals surface area contributed by atoms with E-state index in [9.17, 15) is 4.79 Å². The Kier molecular flexibility index (Phi) is 6.53. The average molecular weight is 435 g/mol. The van der Waals surface area contributed by atoms with Crippen molar-refractivity contribution in [2.75, 3.05) is 38.1 Å². The van der Waals surface area contributed by atoms with Gasteiger partial charge in [-0.25, -0.2) is 4.68 Å². The summed E-state index contributed by atoms with van der Waals surface area (Å²) in [5, 5.41) is 12.2. The maximum Gasteiger partial charge on any atom is 0.246 e. The van der Waals surface area contributed by atoms with Crippen molar-refractivity contribution in [2.45, 2.75) is 19.8 Å². The number of benzene rings is 1. The number of anilines is 1. The van der Waals surface area contributed by atoms with Crippen LogP contribution in [0.4, 0.5) is 5.69 Å². The van der Waals surface area contributed by atoms with Crippen LogP contribution in [0, 0.1) is 6.92 Å². The highest BCUT2D eigenvalue weighted by Crippen LogP contribution is 2.16. The molecule has 1 amide bonds. The number of para-hydroxylation sites is 1. The smallest absolute Gasteiger partial charge is 0.246 e. The number of hydrogen-bond acceptors (Lipinski definition) is 4. The molecule has 4 rings (SSSR count). The van der Waals surface area contributed by atoms with E-state index in [1.807, 2.05) is 41.0 Å². The number of guanidine groups is 1. The molecule has 0 saturated carbocycles. The Balaban J connectivity index is 1.27. The molecule has 1 fully saturated rings. The van der Waals surface area contributed by atoms with Crippen LogP contribution in [-0.2, 0) is 18.3 Å². The Morgan fingerprint density at radius 1 is 1.16 bits per heavy atom. The van der Waals surface area contributed by atoms with Gasteiger partial charge in [0.25, 0.3) is 0 Å². The second-order valence-electron chi connectivity index (χ2n) is 7.94. The van der Waals surface area contributed by atoms with Crippen LogP contribution in [0.5, 0.6) is 0 Å². The zero-order chi connectivity index (χ0) is 22.5. The van der Waals surface area contributed by atoms with Crippen LogP contribution in [0.25, 0.3) is 5.69 Å². The monoisotopic (exact) mass is 434 g/mol. The molecule has 9 heteroatoms. The van der Waals surface area contributed by atoms with Crippen molar-refractivity contribution in [2.24, 2.45) is 12.0 Å². The van der Waals surface area contributed by atoms with Crippen LogP contribution < -0.4 is 10.2 Å². The molecule has 2 aromatic heterocycles. The summed E-state index contributed by atoms with van der Waals surface area (Å²) in [5.74, 6) is 0.817. The fourth-order valence-corrected chi connectivity index (χ4v) is 3.94. The van der Waals surface area contributed by atoms with Gasteiger partial charge in [-0.15, -0.1) is 0 Å². The summed E-state index contributed by atoms with van der Waals surface area (Å²) in [6.07, 6.45) is 7.57. The maximum absolute atomic E-state index is 12.7. The van der Waals surface area contributed by atoms with Gasteiger partial charge in [0, 0.05) is 46.1 Å². The molecule has 0 unspecified atom stereocenters. The van der Waals surface area contributed by atoms with Gasteiger partial charge < -0.3 is 15.1 Å². The van der Waals surface area contributed by atoms with Crippen molar-refractivity contribution in [1.29, 1.82) is 0 Å². The molecule has 0 aliphatic carbocycles. The number of hydrogen-bond donors (Lipinski definition) is 1. The van der Waals surface area contributed by atoms with Crippen molar-refractivity contribution < 1.29 is 4.79 Å². The molecular weight excluding hydrogens is 404 g/mol. The molecule has 1 aliphatic rings. The topological polar surface area (TPSA) is 83.6 Å². The normalized spacial score (nSPS) is 14.8. The Labute approximate surface area is 188 Å². The summed E-state index contributed by atoms with van der Waals surface area (Å²) in [5.41, 5.74) is 4.20. The molecule has 168 valence electrons. The zero-order valence-corrected chi connectivity index (χ0v) is 18.9. The lowest BCUT2D eigenvalue weighted by Crippen LogP contribution is -2.55. The molecule has 0 spiro atoms. The van der Waals surface area contributed by atoms with E-state index in [0.29, 0.717) is 13.1 Å². The highest BCUT2D eigenvalue weighted by molar-refractivity contribution is 5.98. The minimum Gasteiger partial charge on any atom is -0.356 e. The van der Waals surface area contributed by atoms with Gasteiger partial charge in [0.15, 0.2) is 5.96 Å². The van der Waals surface area contributed by atoms with Gasteiger partial charge in [0.2, 0.25) is 5.91 Å². The van der Waals surface area contributed by atoms with Crippen LogP contribution in [0.1, 0.15) is 17.7 Å². The van der Waals surface area contributed by atoms with E-state index in [-0.39, 0.29) is 5.91 Å². The first kappa shape index (κ1) is 21.6. The van der Waals surface area contributed by atoms with Gasteiger partial charge >= 0.3 is 0 Å². The van der Waals surface area contributed by atoms with Crippen molar-refractivity contribution in [3.63, 3.8) is 0 Å². The third-order valence-corrected chi connectivity index (χ3v) is 5.66. The molecule has 1 saturated heterocycles. The number of rotatable bonds is 6. The van der Waals surface area contributed by atoms with Crippen LogP contribution in [0.3, 0.4) is 0 Å². The van der Waals surface area contributed by atoms with E-state index < -0.39 is 0 Å². The lowest BCUT2D eigenvalue weighted by molar-refractivity contribution is -0.120. The van der Waals surface area contributed by atoms with E-state index >= 15 is 0 Å². The van der Waals surface area contributed by atoms with E-state index in [2.05, 4.69) is 45.8 Å². The molecule has 3 heterocycles. The molecule has 0 radical (unpaired) electrons. The number of aliphatic imine (C=N–C) groups is 1. The highest BCUT2D eigenvalue weighted by atomic mass is 16.2. The second kappa shape index (κ2) is 9.67. The van der Waals surface area contributed by atoms with Crippen molar-refractivity contribution in [1.82, 2.24) is 29.8 Å². The number of amides is 1. The molecule has 3 aromatic rings. The van der Waals surface area contributed by atoms with Crippen molar-refractivity contribution >= 4 is 17.6 Å². The standard InChI is InChI=1S/C23H30N8O/c1-18-19(15-31(27-18)20-9-5-4-6-10-20)8-7-11-25-23(24-2)29-12-13-30(22(32)17-29)21-14-26-28(3)16-21/h4-6,9-10,14-16H,7-8,11-13,17H2,1-3H3,(H,24,25). The first-order valence-electron chi connectivity index (χ1n) is 10.9. The predicted molar refractivity (Wildman–Crippen MR) is 125 cm³/mol. The number of carbonyl (C=O) groups is 1. The minimum atomic E-state index is 0.0520. The van der Waals surface area contributed by atoms with Crippen LogP contribution in [0.15, 0.2) is 53.9 Å². The van der Waals surface area contributed by atoms with E-state index in [1.165, 1.54) is 5.56 Å². The lowest BCUT2D eigenvalue weighted by Gasteiger charge is -2.35. The minimum absolute atomic E-state index is 0.0520. The number of piperazine rings is 1. The number of carbonyl (C=O) groups excluding carboxylic acids is 1. The summed E-state index contributed by atoms with van der Waals surface area (Å²) in [6, 6.07) is 10.1. The Bertz CT molecular complexity index is 1080. The summed E-state index contributed by atoms with van der Waals surface area (Å²) in [7, 11) is 3.61. The molecule has 1 N–H and O–H groups in total. The lowest BCUT2D eigenvalue weighted by atomic mass is 10.1. The molecule has 0 atom stereocenters. The Hall–Kier alpha value is -3.62. The largest absolute Gasteiger partial charge is 0.356 e. The Morgan fingerprint density at radius 3 is 2.66 bits per heavy atom. The average Bonchev–Trinajstić information content (AvgIpc) is 3.40. The molecule has 9 nitrogen and oxygen atoms in total. The Morgan fingerprint density at radius 2 is 1.97 bits per heavy atom. The van der Waals surface area contributed by atoms with E-state index in [4.69, 9.17) is 0 Å². The van der Waals surface area contributed by atoms with Crippen LogP contribution >= 0.6 is 0 Å². The van der Waals surface area contributed by atoms with E-state index in [0.717, 1.165) is 49.0 Å². The first-order chi connectivity index (χ1) is 15.5. The van der Waals surface area contributed by atoms with Crippen molar-refractivity contribution in [3.8, 4) is 5.69 Å². The second-order valence-corrected chi connectivity index (χ2v) is 7.94. The summed E-state index contributed by atoms with van der Waals surface area (Å²) < 4.78 is 3.64. The SMILES string of the molecule is CN=C(NCCCc1cn(-c2ccccc2)nc1C)N1CCN(c2cnn(C)c2)C(=O)C1. The third-order valence-electron chi connectivity index (χ3n) is 5.66. The zero-order valence-electron chi connectivity index (χ0n) is 18.9. The van der Waals surface area contributed by atoms with Gasteiger partial charge in [0.1, 0.15) is 6.54 Å². The molecule has 1 aromatic carbocycles. The number of aromatic nitrogens is 4. The van der Waals surface area contributed by atoms with Gasteiger partial charge in [-0.1, -0.05) is 18.2 Å². The molecule has 1 aliphatic heterocycles. The molecule has 0 bridgehead atoms.